The molecule has 1 aromatic heterocycles. The Kier molecular flexibility index (Phi) is 2.95. The van der Waals surface area contributed by atoms with Crippen LogP contribution in [0.15, 0.2) is 23.1 Å². The number of nitrogens with zero attached hydrogens (tertiary/aromatic N) is 2. The molecule has 17 heavy (non-hydrogen) atoms. The summed E-state index contributed by atoms with van der Waals surface area (Å²) in [6, 6.07) is 2.78. The third kappa shape index (κ3) is 2.35. The zero-order valence-corrected chi connectivity index (χ0v) is 9.47. The molecule has 0 radical (unpaired) electrons. The van der Waals surface area contributed by atoms with Crippen molar-refractivity contribution in [2.75, 3.05) is 26.7 Å². The minimum Gasteiger partial charge on any atom is -0.342 e. The highest BCUT2D eigenvalue weighted by atomic mass is 16.2. The van der Waals surface area contributed by atoms with Crippen molar-refractivity contribution in [2.24, 2.45) is 0 Å². The molecule has 1 fully saturated rings. The number of likely N-dealkylation sites (N-methyl/N-ethyl adjacent to an activating group) is 1. The Balaban J connectivity index is 2.16. The summed E-state index contributed by atoms with van der Waals surface area (Å²) >= 11 is 0. The van der Waals surface area contributed by atoms with Crippen LogP contribution >= 0.6 is 0 Å². The van der Waals surface area contributed by atoms with Crippen molar-refractivity contribution in [3.8, 4) is 0 Å². The SMILES string of the molecule is CN1CCN(C(=O)c2cc[nH]c(=O)c2)CC1=O. The lowest BCUT2D eigenvalue weighted by Crippen LogP contribution is -2.50. The number of aromatic amines is 1. The summed E-state index contributed by atoms with van der Waals surface area (Å²) in [5, 5.41) is 0. The summed E-state index contributed by atoms with van der Waals surface area (Å²) in [6.07, 6.45) is 1.42. The van der Waals surface area contributed by atoms with Gasteiger partial charge in [0, 0.05) is 38.0 Å². The average Bonchev–Trinajstić information content (AvgIpc) is 2.32. The van der Waals surface area contributed by atoms with E-state index >= 15 is 0 Å². The van der Waals surface area contributed by atoms with Gasteiger partial charge in [-0.3, -0.25) is 14.4 Å². The Hall–Kier alpha value is -2.11. The number of pyridine rings is 1. The smallest absolute Gasteiger partial charge is 0.254 e. The average molecular weight is 235 g/mol. The van der Waals surface area contributed by atoms with Gasteiger partial charge in [-0.2, -0.15) is 0 Å². The highest BCUT2D eigenvalue weighted by Gasteiger charge is 2.25. The van der Waals surface area contributed by atoms with Crippen molar-refractivity contribution in [1.82, 2.24) is 14.8 Å². The van der Waals surface area contributed by atoms with Crippen LogP contribution < -0.4 is 5.56 Å². The molecule has 0 aromatic carbocycles. The van der Waals surface area contributed by atoms with E-state index < -0.39 is 0 Å². The normalized spacial score (nSPS) is 16.2. The van der Waals surface area contributed by atoms with Crippen molar-refractivity contribution in [1.29, 1.82) is 0 Å². The molecule has 2 heterocycles. The summed E-state index contributed by atoms with van der Waals surface area (Å²) < 4.78 is 0. The number of rotatable bonds is 1. The van der Waals surface area contributed by atoms with Crippen molar-refractivity contribution < 1.29 is 9.59 Å². The first-order chi connectivity index (χ1) is 8.08. The fraction of sp³-hybridized carbons (Fsp3) is 0.364. The van der Waals surface area contributed by atoms with E-state index in [1.165, 1.54) is 23.2 Å². The van der Waals surface area contributed by atoms with Crippen molar-refractivity contribution >= 4 is 11.8 Å². The molecule has 6 heteroatoms. The first-order valence-electron chi connectivity index (χ1n) is 5.30. The predicted molar refractivity (Wildman–Crippen MR) is 60.6 cm³/mol. The van der Waals surface area contributed by atoms with Crippen LogP contribution in [0.1, 0.15) is 10.4 Å². The monoisotopic (exact) mass is 235 g/mol. The molecule has 1 N–H and O–H groups in total. The number of hydrogen-bond donors (Lipinski definition) is 1. The van der Waals surface area contributed by atoms with E-state index in [1.807, 2.05) is 0 Å². The Labute approximate surface area is 97.8 Å². The van der Waals surface area contributed by atoms with E-state index in [9.17, 15) is 14.4 Å². The summed E-state index contributed by atoms with van der Waals surface area (Å²) in [5.74, 6) is -0.369. The molecular formula is C11H13N3O3. The Bertz CT molecular complexity index is 509. The molecule has 0 bridgehead atoms. The minimum absolute atomic E-state index is 0.0716. The van der Waals surface area contributed by atoms with Crippen LogP contribution in [-0.4, -0.2) is 53.3 Å². The van der Waals surface area contributed by atoms with Gasteiger partial charge < -0.3 is 14.8 Å². The fourth-order valence-electron chi connectivity index (χ4n) is 1.69. The zero-order valence-electron chi connectivity index (χ0n) is 9.47. The van der Waals surface area contributed by atoms with E-state index in [-0.39, 0.29) is 23.9 Å². The van der Waals surface area contributed by atoms with E-state index in [2.05, 4.69) is 4.98 Å². The molecule has 2 rings (SSSR count). The van der Waals surface area contributed by atoms with Crippen LogP contribution in [-0.2, 0) is 4.79 Å². The summed E-state index contributed by atoms with van der Waals surface area (Å²) in [5.41, 5.74) is -0.0117. The highest BCUT2D eigenvalue weighted by molar-refractivity contribution is 5.96. The maximum atomic E-state index is 12.0. The molecule has 0 aliphatic carbocycles. The van der Waals surface area contributed by atoms with Gasteiger partial charge in [-0.15, -0.1) is 0 Å². The quantitative estimate of drug-likeness (QED) is 0.698. The van der Waals surface area contributed by atoms with Crippen LogP contribution in [0.3, 0.4) is 0 Å². The van der Waals surface area contributed by atoms with E-state index in [1.54, 1.807) is 11.9 Å². The van der Waals surface area contributed by atoms with Crippen LogP contribution in [0.4, 0.5) is 0 Å². The second-order valence-electron chi connectivity index (χ2n) is 3.98. The molecule has 1 saturated heterocycles. The van der Waals surface area contributed by atoms with Gasteiger partial charge in [0.25, 0.3) is 5.91 Å². The summed E-state index contributed by atoms with van der Waals surface area (Å²) in [4.78, 5) is 40.1. The number of nitrogens with one attached hydrogen (secondary N) is 1. The lowest BCUT2D eigenvalue weighted by atomic mass is 10.2. The molecule has 6 nitrogen and oxygen atoms in total. The van der Waals surface area contributed by atoms with Crippen LogP contribution in [0.5, 0.6) is 0 Å². The van der Waals surface area contributed by atoms with E-state index in [0.717, 1.165) is 0 Å². The molecule has 1 aliphatic rings. The van der Waals surface area contributed by atoms with Crippen molar-refractivity contribution in [3.05, 3.63) is 34.2 Å². The molecule has 0 saturated carbocycles. The second kappa shape index (κ2) is 4.40. The molecule has 90 valence electrons. The number of H-pyrrole nitrogens is 1. The largest absolute Gasteiger partial charge is 0.342 e. The molecule has 2 amide bonds. The predicted octanol–water partition coefficient (Wildman–Crippen LogP) is -0.711. The minimum atomic E-state index is -0.323. The lowest BCUT2D eigenvalue weighted by molar-refractivity contribution is -0.133. The fourth-order valence-corrected chi connectivity index (χ4v) is 1.69. The highest BCUT2D eigenvalue weighted by Crippen LogP contribution is 2.06. The molecular weight excluding hydrogens is 222 g/mol. The van der Waals surface area contributed by atoms with Gasteiger partial charge in [-0.25, -0.2) is 0 Å². The number of carbonyl (C=O) groups excluding carboxylic acids is 2. The number of amides is 2. The number of aromatic nitrogens is 1. The maximum Gasteiger partial charge on any atom is 0.254 e. The number of carbonyl (C=O) groups is 2. The van der Waals surface area contributed by atoms with Gasteiger partial charge in [0.15, 0.2) is 0 Å². The third-order valence-electron chi connectivity index (χ3n) is 2.77. The van der Waals surface area contributed by atoms with Crippen LogP contribution in [0.25, 0.3) is 0 Å². The van der Waals surface area contributed by atoms with Crippen molar-refractivity contribution in [2.45, 2.75) is 0 Å². The standard InChI is InChI=1S/C11H13N3O3/c1-13-4-5-14(7-10(13)16)11(17)8-2-3-12-9(15)6-8/h2-3,6H,4-5,7H2,1H3,(H,12,15). The van der Waals surface area contributed by atoms with Crippen LogP contribution in [0, 0.1) is 0 Å². The lowest BCUT2D eigenvalue weighted by Gasteiger charge is -2.31. The molecule has 0 atom stereocenters. The number of piperazine rings is 1. The maximum absolute atomic E-state index is 12.0. The first kappa shape index (κ1) is 11.4. The Morgan fingerprint density at radius 1 is 1.35 bits per heavy atom. The summed E-state index contributed by atoms with van der Waals surface area (Å²) in [7, 11) is 1.71. The van der Waals surface area contributed by atoms with Gasteiger partial charge in [0.05, 0.1) is 0 Å². The molecule has 1 aromatic rings. The van der Waals surface area contributed by atoms with E-state index in [4.69, 9.17) is 0 Å². The van der Waals surface area contributed by atoms with Gasteiger partial charge in [0.1, 0.15) is 6.54 Å². The third-order valence-corrected chi connectivity index (χ3v) is 2.77. The van der Waals surface area contributed by atoms with Gasteiger partial charge in [0.2, 0.25) is 11.5 Å². The van der Waals surface area contributed by atoms with Gasteiger partial charge >= 0.3 is 0 Å². The molecule has 1 aliphatic heterocycles. The van der Waals surface area contributed by atoms with E-state index in [0.29, 0.717) is 18.7 Å². The van der Waals surface area contributed by atoms with Gasteiger partial charge in [-0.1, -0.05) is 0 Å². The zero-order chi connectivity index (χ0) is 12.4. The molecule has 0 unspecified atom stereocenters. The van der Waals surface area contributed by atoms with Crippen LogP contribution in [0.2, 0.25) is 0 Å². The second-order valence-corrected chi connectivity index (χ2v) is 3.98. The Morgan fingerprint density at radius 3 is 2.76 bits per heavy atom. The first-order valence-corrected chi connectivity index (χ1v) is 5.30. The summed E-state index contributed by atoms with van der Waals surface area (Å²) in [6.45, 7) is 1.09. The topological polar surface area (TPSA) is 73.5 Å². The number of hydrogen-bond acceptors (Lipinski definition) is 3. The van der Waals surface area contributed by atoms with Gasteiger partial charge in [-0.05, 0) is 6.07 Å². The Morgan fingerprint density at radius 2 is 2.12 bits per heavy atom. The molecule has 0 spiro atoms. The van der Waals surface area contributed by atoms with Crippen molar-refractivity contribution in [3.63, 3.8) is 0 Å².